The number of para-hydroxylation sites is 1. The van der Waals surface area contributed by atoms with Crippen molar-refractivity contribution in [2.45, 2.75) is 31.7 Å². The second-order valence-electron chi connectivity index (χ2n) is 5.50. The van der Waals surface area contributed by atoms with Gasteiger partial charge in [0.05, 0.1) is 11.1 Å². The largest absolute Gasteiger partial charge is 0.336 e. The van der Waals surface area contributed by atoms with E-state index in [1.165, 1.54) is 0 Å². The van der Waals surface area contributed by atoms with Crippen LogP contribution in [0.2, 0.25) is 0 Å². The number of nitrogens with zero attached hydrogens (tertiary/aromatic N) is 2. The molecule has 110 valence electrons. The van der Waals surface area contributed by atoms with Crippen molar-refractivity contribution < 1.29 is 4.79 Å². The van der Waals surface area contributed by atoms with Gasteiger partial charge in [-0.15, -0.1) is 0 Å². The number of fused-ring (bicyclic) bond motifs is 1. The molecule has 3 nitrogen and oxygen atoms in total. The van der Waals surface area contributed by atoms with Crippen LogP contribution in [0.25, 0.3) is 10.9 Å². The minimum absolute atomic E-state index is 0.158. The third-order valence-corrected chi connectivity index (χ3v) is 4.75. The second-order valence-corrected chi connectivity index (χ2v) is 6.29. The molecule has 0 saturated carbocycles. The minimum Gasteiger partial charge on any atom is -0.336 e. The lowest BCUT2D eigenvalue weighted by Gasteiger charge is -2.25. The van der Waals surface area contributed by atoms with Gasteiger partial charge in [0.2, 0.25) is 0 Å². The van der Waals surface area contributed by atoms with Crippen LogP contribution in [0.1, 0.15) is 36.0 Å². The van der Waals surface area contributed by atoms with Crippen molar-refractivity contribution in [1.82, 2.24) is 9.88 Å². The molecule has 1 amide bonds. The highest BCUT2D eigenvalue weighted by molar-refractivity contribution is 9.09. The summed E-state index contributed by atoms with van der Waals surface area (Å²) < 4.78 is 0. The van der Waals surface area contributed by atoms with Crippen LogP contribution in [0.3, 0.4) is 0 Å². The van der Waals surface area contributed by atoms with Gasteiger partial charge in [-0.3, -0.25) is 9.78 Å². The van der Waals surface area contributed by atoms with Crippen LogP contribution in [0.15, 0.2) is 36.5 Å². The van der Waals surface area contributed by atoms with Crippen molar-refractivity contribution in [2.75, 3.05) is 11.9 Å². The van der Waals surface area contributed by atoms with Gasteiger partial charge in [-0.2, -0.15) is 0 Å². The summed E-state index contributed by atoms with van der Waals surface area (Å²) in [5.74, 6) is 0.158. The van der Waals surface area contributed by atoms with E-state index in [4.69, 9.17) is 0 Å². The summed E-state index contributed by atoms with van der Waals surface area (Å²) in [4.78, 5) is 19.3. The Bertz CT molecular complexity index is 638. The Morgan fingerprint density at radius 3 is 3.05 bits per heavy atom. The van der Waals surface area contributed by atoms with Crippen molar-refractivity contribution in [1.29, 1.82) is 0 Å². The normalized spacial score (nSPS) is 18.3. The zero-order valence-electron chi connectivity index (χ0n) is 12.0. The average Bonchev–Trinajstić information content (AvgIpc) is 3.00. The topological polar surface area (TPSA) is 33.2 Å². The lowest BCUT2D eigenvalue weighted by molar-refractivity contribution is 0.0732. The molecule has 1 aromatic carbocycles. The van der Waals surface area contributed by atoms with Crippen molar-refractivity contribution in [3.8, 4) is 0 Å². The molecule has 1 unspecified atom stereocenters. The summed E-state index contributed by atoms with van der Waals surface area (Å²) in [5.41, 5.74) is 1.67. The second kappa shape index (κ2) is 6.56. The van der Waals surface area contributed by atoms with Gasteiger partial charge in [0.15, 0.2) is 0 Å². The first-order valence-corrected chi connectivity index (χ1v) is 8.64. The summed E-state index contributed by atoms with van der Waals surface area (Å²) in [6, 6.07) is 10.1. The van der Waals surface area contributed by atoms with Crippen molar-refractivity contribution in [3.05, 3.63) is 42.1 Å². The summed E-state index contributed by atoms with van der Waals surface area (Å²) in [7, 11) is 0. The maximum absolute atomic E-state index is 12.9. The molecule has 1 saturated heterocycles. The highest BCUT2D eigenvalue weighted by Crippen LogP contribution is 2.26. The highest BCUT2D eigenvalue weighted by atomic mass is 79.9. The predicted molar refractivity (Wildman–Crippen MR) is 88.8 cm³/mol. The monoisotopic (exact) mass is 346 g/mol. The predicted octanol–water partition coefficient (Wildman–Crippen LogP) is 4.01. The Hall–Kier alpha value is -1.42. The summed E-state index contributed by atoms with van der Waals surface area (Å²) >= 11 is 3.48. The fraction of sp³-hybridized carbons (Fsp3) is 0.412. The number of amides is 1. The van der Waals surface area contributed by atoms with Crippen LogP contribution in [0.4, 0.5) is 0 Å². The molecule has 1 aliphatic heterocycles. The number of carbonyl (C=O) groups excluding carboxylic acids is 1. The number of alkyl halides is 1. The van der Waals surface area contributed by atoms with E-state index in [9.17, 15) is 4.79 Å². The third kappa shape index (κ3) is 2.95. The van der Waals surface area contributed by atoms with Crippen LogP contribution in [-0.4, -0.2) is 33.7 Å². The molecule has 0 N–H and O–H groups in total. The maximum Gasteiger partial charge on any atom is 0.254 e. The van der Waals surface area contributed by atoms with Gasteiger partial charge in [0.1, 0.15) is 0 Å². The molecule has 1 atom stereocenters. The number of halogens is 1. The number of hydrogen-bond acceptors (Lipinski definition) is 2. The van der Waals surface area contributed by atoms with Gasteiger partial charge in [0, 0.05) is 29.5 Å². The maximum atomic E-state index is 12.9. The number of carbonyl (C=O) groups is 1. The van der Waals surface area contributed by atoms with Crippen molar-refractivity contribution in [2.24, 2.45) is 0 Å². The standard InChI is InChI=1S/C17H19BrN2O/c18-10-3-5-13-6-4-12-20(13)17(21)15-9-11-19-16-8-2-1-7-14(15)16/h1-2,7-9,11,13H,3-6,10,12H2. The number of rotatable bonds is 4. The number of pyridine rings is 1. The molecule has 2 heterocycles. The first-order valence-electron chi connectivity index (χ1n) is 7.52. The van der Waals surface area contributed by atoms with Crippen LogP contribution in [0, 0.1) is 0 Å². The van der Waals surface area contributed by atoms with E-state index in [1.54, 1.807) is 6.20 Å². The summed E-state index contributed by atoms with van der Waals surface area (Å²) in [5, 5.41) is 1.96. The van der Waals surface area contributed by atoms with Crippen LogP contribution < -0.4 is 0 Å². The number of likely N-dealkylation sites (tertiary alicyclic amines) is 1. The smallest absolute Gasteiger partial charge is 0.254 e. The molecule has 3 rings (SSSR count). The molecule has 1 aliphatic rings. The Kier molecular flexibility index (Phi) is 4.54. The molecular weight excluding hydrogens is 328 g/mol. The fourth-order valence-corrected chi connectivity index (χ4v) is 3.48. The zero-order valence-corrected chi connectivity index (χ0v) is 13.6. The molecule has 1 aromatic heterocycles. The molecule has 0 bridgehead atoms. The van der Waals surface area contributed by atoms with Gasteiger partial charge >= 0.3 is 0 Å². The van der Waals surface area contributed by atoms with Crippen LogP contribution in [-0.2, 0) is 0 Å². The lowest BCUT2D eigenvalue weighted by atomic mass is 10.1. The zero-order chi connectivity index (χ0) is 14.7. The Morgan fingerprint density at radius 2 is 2.19 bits per heavy atom. The van der Waals surface area contributed by atoms with E-state index in [2.05, 4.69) is 25.8 Å². The van der Waals surface area contributed by atoms with Gasteiger partial charge in [-0.1, -0.05) is 34.1 Å². The molecule has 4 heteroatoms. The van der Waals surface area contributed by atoms with Crippen LogP contribution >= 0.6 is 15.9 Å². The molecule has 21 heavy (non-hydrogen) atoms. The lowest BCUT2D eigenvalue weighted by Crippen LogP contribution is -2.35. The average molecular weight is 347 g/mol. The van der Waals surface area contributed by atoms with E-state index in [0.717, 1.165) is 54.0 Å². The van der Waals surface area contributed by atoms with Gasteiger partial charge in [0.25, 0.3) is 5.91 Å². The first kappa shape index (κ1) is 14.5. The van der Waals surface area contributed by atoms with Crippen LogP contribution in [0.5, 0.6) is 0 Å². The van der Waals surface area contributed by atoms with E-state index in [1.807, 2.05) is 30.3 Å². The molecule has 1 fully saturated rings. The van der Waals surface area contributed by atoms with Crippen molar-refractivity contribution >= 4 is 32.7 Å². The molecule has 0 aliphatic carbocycles. The Morgan fingerprint density at radius 1 is 1.33 bits per heavy atom. The summed E-state index contributed by atoms with van der Waals surface area (Å²) in [6.45, 7) is 0.877. The number of benzene rings is 1. The molecule has 0 radical (unpaired) electrons. The molecule has 2 aromatic rings. The quantitative estimate of drug-likeness (QED) is 0.783. The summed E-state index contributed by atoms with van der Waals surface area (Å²) in [6.07, 6.45) is 6.17. The van der Waals surface area contributed by atoms with E-state index >= 15 is 0 Å². The van der Waals surface area contributed by atoms with Gasteiger partial charge in [-0.05, 0) is 37.8 Å². The van der Waals surface area contributed by atoms with E-state index in [-0.39, 0.29) is 5.91 Å². The first-order chi connectivity index (χ1) is 10.3. The molecule has 0 spiro atoms. The number of hydrogen-bond donors (Lipinski definition) is 0. The SMILES string of the molecule is O=C(c1ccnc2ccccc12)N1CCCC1CCCBr. The third-order valence-electron chi connectivity index (χ3n) is 4.19. The molecular formula is C17H19BrN2O. The Labute approximate surface area is 133 Å². The Balaban J connectivity index is 1.89. The van der Waals surface area contributed by atoms with E-state index in [0.29, 0.717) is 6.04 Å². The fourth-order valence-electron chi connectivity index (χ4n) is 3.15. The minimum atomic E-state index is 0.158. The van der Waals surface area contributed by atoms with Crippen molar-refractivity contribution in [3.63, 3.8) is 0 Å². The highest BCUT2D eigenvalue weighted by Gasteiger charge is 2.29. The van der Waals surface area contributed by atoms with Gasteiger partial charge < -0.3 is 4.90 Å². The van der Waals surface area contributed by atoms with E-state index < -0.39 is 0 Å². The van der Waals surface area contributed by atoms with Gasteiger partial charge in [-0.25, -0.2) is 0 Å². The number of aromatic nitrogens is 1.